The van der Waals surface area contributed by atoms with Crippen LogP contribution in [-0.4, -0.2) is 23.7 Å². The SMILES string of the molecule is C[C@H](NC(=O)NCCC(=O)O)c1ccc(Cl)cc1Cl. The van der Waals surface area contributed by atoms with Crippen LogP contribution in [0.25, 0.3) is 0 Å². The molecule has 0 aliphatic carbocycles. The van der Waals surface area contributed by atoms with E-state index in [0.29, 0.717) is 10.0 Å². The van der Waals surface area contributed by atoms with Crippen LogP contribution in [0.3, 0.4) is 0 Å². The fourth-order valence-corrected chi connectivity index (χ4v) is 2.03. The average Bonchev–Trinajstić information content (AvgIpc) is 2.27. The number of aliphatic carboxylic acids is 1. The zero-order valence-corrected chi connectivity index (χ0v) is 11.8. The molecule has 104 valence electrons. The summed E-state index contributed by atoms with van der Waals surface area (Å²) < 4.78 is 0. The molecule has 0 aliphatic heterocycles. The standard InChI is InChI=1S/C12H14Cl2N2O3/c1-7(9-3-2-8(13)6-10(9)14)16-12(19)15-5-4-11(17)18/h2-3,6-7H,4-5H2,1H3,(H,17,18)(H2,15,16,19)/t7-/m0/s1. The minimum absolute atomic E-state index is 0.0717. The topological polar surface area (TPSA) is 78.4 Å². The van der Waals surface area contributed by atoms with Crippen LogP contribution >= 0.6 is 23.2 Å². The number of urea groups is 1. The maximum absolute atomic E-state index is 11.5. The zero-order chi connectivity index (χ0) is 14.4. The quantitative estimate of drug-likeness (QED) is 0.782. The highest BCUT2D eigenvalue weighted by Gasteiger charge is 2.12. The Kier molecular flexibility index (Phi) is 5.92. The van der Waals surface area contributed by atoms with E-state index in [1.165, 1.54) is 0 Å². The van der Waals surface area contributed by atoms with Gasteiger partial charge in [-0.1, -0.05) is 29.3 Å². The van der Waals surface area contributed by atoms with Crippen LogP contribution in [0.2, 0.25) is 10.0 Å². The monoisotopic (exact) mass is 304 g/mol. The third-order valence-corrected chi connectivity index (χ3v) is 2.96. The lowest BCUT2D eigenvalue weighted by Gasteiger charge is -2.16. The van der Waals surface area contributed by atoms with E-state index in [0.717, 1.165) is 5.56 Å². The van der Waals surface area contributed by atoms with E-state index >= 15 is 0 Å². The zero-order valence-electron chi connectivity index (χ0n) is 10.2. The van der Waals surface area contributed by atoms with E-state index in [1.807, 2.05) is 0 Å². The van der Waals surface area contributed by atoms with Gasteiger partial charge in [-0.15, -0.1) is 0 Å². The largest absolute Gasteiger partial charge is 0.481 e. The van der Waals surface area contributed by atoms with Crippen molar-refractivity contribution in [1.82, 2.24) is 10.6 Å². The van der Waals surface area contributed by atoms with E-state index in [2.05, 4.69) is 10.6 Å². The maximum Gasteiger partial charge on any atom is 0.315 e. The number of nitrogens with one attached hydrogen (secondary N) is 2. The Hall–Kier alpha value is -1.46. The van der Waals surface area contributed by atoms with Crippen molar-refractivity contribution in [2.45, 2.75) is 19.4 Å². The Morgan fingerprint density at radius 3 is 2.63 bits per heavy atom. The van der Waals surface area contributed by atoms with Gasteiger partial charge in [-0.3, -0.25) is 4.79 Å². The lowest BCUT2D eigenvalue weighted by molar-refractivity contribution is -0.136. The minimum Gasteiger partial charge on any atom is -0.481 e. The Bertz CT molecular complexity index is 480. The van der Waals surface area contributed by atoms with Gasteiger partial charge in [0.15, 0.2) is 0 Å². The number of carboxylic acids is 1. The van der Waals surface area contributed by atoms with E-state index in [1.54, 1.807) is 25.1 Å². The second-order valence-electron chi connectivity index (χ2n) is 3.93. The Morgan fingerprint density at radius 2 is 2.05 bits per heavy atom. The second-order valence-corrected chi connectivity index (χ2v) is 4.78. The van der Waals surface area contributed by atoms with Crippen molar-refractivity contribution in [2.24, 2.45) is 0 Å². The predicted octanol–water partition coefficient (Wildman–Crippen LogP) is 2.83. The van der Waals surface area contributed by atoms with Crippen LogP contribution in [0.4, 0.5) is 4.79 Å². The predicted molar refractivity (Wildman–Crippen MR) is 73.7 cm³/mol. The number of benzene rings is 1. The minimum atomic E-state index is -0.964. The molecular formula is C12H14Cl2N2O3. The number of hydrogen-bond acceptors (Lipinski definition) is 2. The molecule has 0 saturated heterocycles. The van der Waals surface area contributed by atoms with Crippen LogP contribution in [0.5, 0.6) is 0 Å². The molecule has 0 unspecified atom stereocenters. The van der Waals surface area contributed by atoms with E-state index in [9.17, 15) is 9.59 Å². The highest BCUT2D eigenvalue weighted by atomic mass is 35.5. The summed E-state index contributed by atoms with van der Waals surface area (Å²) in [4.78, 5) is 21.8. The number of rotatable bonds is 5. The van der Waals surface area contributed by atoms with Gasteiger partial charge in [0.2, 0.25) is 0 Å². The van der Waals surface area contributed by atoms with Gasteiger partial charge in [-0.2, -0.15) is 0 Å². The van der Waals surface area contributed by atoms with Crippen molar-refractivity contribution >= 4 is 35.2 Å². The molecule has 0 bridgehead atoms. The fraction of sp³-hybridized carbons (Fsp3) is 0.333. The molecule has 0 aromatic heterocycles. The number of amides is 2. The van der Waals surface area contributed by atoms with Crippen molar-refractivity contribution in [1.29, 1.82) is 0 Å². The molecule has 0 saturated carbocycles. The third-order valence-electron chi connectivity index (χ3n) is 2.40. The molecule has 1 rings (SSSR count). The van der Waals surface area contributed by atoms with Gasteiger partial charge in [0.1, 0.15) is 0 Å². The molecule has 0 spiro atoms. The van der Waals surface area contributed by atoms with Gasteiger partial charge >= 0.3 is 12.0 Å². The molecule has 5 nitrogen and oxygen atoms in total. The molecule has 7 heteroatoms. The summed E-state index contributed by atoms with van der Waals surface area (Å²) in [6, 6.07) is 4.25. The molecule has 0 heterocycles. The number of carbonyl (C=O) groups is 2. The number of hydrogen-bond donors (Lipinski definition) is 3. The first-order valence-electron chi connectivity index (χ1n) is 5.61. The summed E-state index contributed by atoms with van der Waals surface area (Å²) >= 11 is 11.8. The van der Waals surface area contributed by atoms with Crippen molar-refractivity contribution < 1.29 is 14.7 Å². The summed E-state index contributed by atoms with van der Waals surface area (Å²) in [5.41, 5.74) is 0.736. The van der Waals surface area contributed by atoms with Gasteiger partial charge in [0.25, 0.3) is 0 Å². The average molecular weight is 305 g/mol. The Labute approximate surface area is 120 Å². The lowest BCUT2D eigenvalue weighted by atomic mass is 10.1. The van der Waals surface area contributed by atoms with E-state index < -0.39 is 12.0 Å². The van der Waals surface area contributed by atoms with Gasteiger partial charge in [-0.25, -0.2) is 4.79 Å². The highest BCUT2D eigenvalue weighted by Crippen LogP contribution is 2.25. The summed E-state index contributed by atoms with van der Waals surface area (Å²) in [5, 5.41) is 14.5. The van der Waals surface area contributed by atoms with Crippen LogP contribution in [0.15, 0.2) is 18.2 Å². The fourth-order valence-electron chi connectivity index (χ4n) is 1.46. The highest BCUT2D eigenvalue weighted by molar-refractivity contribution is 6.35. The van der Waals surface area contributed by atoms with Crippen molar-refractivity contribution in [3.63, 3.8) is 0 Å². The summed E-state index contributed by atoms with van der Waals surface area (Å²) in [6.07, 6.45) is -0.122. The summed E-state index contributed by atoms with van der Waals surface area (Å²) in [5.74, 6) is -0.964. The smallest absolute Gasteiger partial charge is 0.315 e. The van der Waals surface area contributed by atoms with Gasteiger partial charge in [0.05, 0.1) is 12.5 Å². The number of carbonyl (C=O) groups excluding carboxylic acids is 1. The molecular weight excluding hydrogens is 291 g/mol. The Morgan fingerprint density at radius 1 is 1.37 bits per heavy atom. The van der Waals surface area contributed by atoms with E-state index in [-0.39, 0.29) is 19.0 Å². The van der Waals surface area contributed by atoms with Crippen LogP contribution in [-0.2, 0) is 4.79 Å². The van der Waals surface area contributed by atoms with Crippen LogP contribution < -0.4 is 10.6 Å². The molecule has 0 fully saturated rings. The van der Waals surface area contributed by atoms with E-state index in [4.69, 9.17) is 28.3 Å². The number of carboxylic acid groups (broad SMARTS) is 1. The first-order chi connectivity index (χ1) is 8.90. The van der Waals surface area contributed by atoms with Gasteiger partial charge in [-0.05, 0) is 24.6 Å². The summed E-state index contributed by atoms with van der Waals surface area (Å²) in [6.45, 7) is 1.84. The lowest BCUT2D eigenvalue weighted by Crippen LogP contribution is -2.38. The van der Waals surface area contributed by atoms with Crippen molar-refractivity contribution in [2.75, 3.05) is 6.54 Å². The first-order valence-corrected chi connectivity index (χ1v) is 6.37. The molecule has 1 aromatic rings. The molecule has 0 aliphatic rings. The third kappa shape index (κ3) is 5.36. The van der Waals surface area contributed by atoms with Gasteiger partial charge in [0, 0.05) is 16.6 Å². The molecule has 19 heavy (non-hydrogen) atoms. The molecule has 2 amide bonds. The molecule has 3 N–H and O–H groups in total. The molecule has 1 atom stereocenters. The van der Waals surface area contributed by atoms with Crippen molar-refractivity contribution in [3.8, 4) is 0 Å². The Balaban J connectivity index is 2.52. The summed E-state index contributed by atoms with van der Waals surface area (Å²) in [7, 11) is 0. The molecule has 0 radical (unpaired) electrons. The maximum atomic E-state index is 11.5. The van der Waals surface area contributed by atoms with Crippen LogP contribution in [0, 0.1) is 0 Å². The number of halogens is 2. The van der Waals surface area contributed by atoms with Crippen molar-refractivity contribution in [3.05, 3.63) is 33.8 Å². The molecule has 1 aromatic carbocycles. The first kappa shape index (κ1) is 15.6. The second kappa shape index (κ2) is 7.21. The van der Waals surface area contributed by atoms with Crippen LogP contribution in [0.1, 0.15) is 24.9 Å². The normalized spacial score (nSPS) is 11.7. The van der Waals surface area contributed by atoms with Gasteiger partial charge < -0.3 is 15.7 Å².